The van der Waals surface area contributed by atoms with Crippen LogP contribution in [-0.2, 0) is 13.1 Å². The number of likely N-dealkylation sites (N-methyl/N-ethyl adjacent to an activating group) is 1. The number of aromatic nitrogens is 3. The van der Waals surface area contributed by atoms with Crippen LogP contribution in [0.4, 0.5) is 9.18 Å². The fourth-order valence-electron chi connectivity index (χ4n) is 2.40. The van der Waals surface area contributed by atoms with Crippen LogP contribution in [0.5, 0.6) is 0 Å². The molecule has 0 saturated heterocycles. The molecule has 1 aromatic carbocycles. The van der Waals surface area contributed by atoms with Crippen molar-refractivity contribution in [2.45, 2.75) is 26.1 Å². The summed E-state index contributed by atoms with van der Waals surface area (Å²) < 4.78 is 15.3. The lowest BCUT2D eigenvalue weighted by atomic mass is 10.1. The van der Waals surface area contributed by atoms with E-state index in [0.29, 0.717) is 18.9 Å². The van der Waals surface area contributed by atoms with Crippen molar-refractivity contribution in [2.75, 3.05) is 20.6 Å². The minimum absolute atomic E-state index is 0.120. The molecule has 2 rings (SSSR count). The van der Waals surface area contributed by atoms with Crippen LogP contribution in [0.1, 0.15) is 24.4 Å². The maximum Gasteiger partial charge on any atom is 0.315 e. The highest BCUT2D eigenvalue weighted by molar-refractivity contribution is 5.73. The van der Waals surface area contributed by atoms with E-state index >= 15 is 0 Å². The fraction of sp³-hybridized carbons (Fsp3) is 0.438. The zero-order chi connectivity index (χ0) is 17.5. The molecule has 7 nitrogen and oxygen atoms in total. The maximum absolute atomic E-state index is 13.4. The van der Waals surface area contributed by atoms with Crippen LogP contribution in [0.25, 0.3) is 0 Å². The molecule has 24 heavy (non-hydrogen) atoms. The van der Waals surface area contributed by atoms with Crippen molar-refractivity contribution in [3.63, 3.8) is 0 Å². The van der Waals surface area contributed by atoms with E-state index in [1.54, 1.807) is 12.4 Å². The first-order valence-electron chi connectivity index (χ1n) is 7.81. The van der Waals surface area contributed by atoms with Gasteiger partial charge in [-0.25, -0.2) is 9.18 Å². The molecule has 1 heterocycles. The zero-order valence-electron chi connectivity index (χ0n) is 14.2. The van der Waals surface area contributed by atoms with E-state index in [-0.39, 0.29) is 17.9 Å². The largest absolute Gasteiger partial charge is 0.336 e. The average molecular weight is 334 g/mol. The van der Waals surface area contributed by atoms with Crippen molar-refractivity contribution in [3.05, 3.63) is 47.8 Å². The number of hydrogen-bond acceptors (Lipinski definition) is 4. The summed E-state index contributed by atoms with van der Waals surface area (Å²) in [6, 6.07) is 5.97. The van der Waals surface area contributed by atoms with Gasteiger partial charge in [-0.15, -0.1) is 10.2 Å². The molecule has 0 aliphatic heterocycles. The van der Waals surface area contributed by atoms with Crippen molar-refractivity contribution < 1.29 is 9.18 Å². The molecule has 0 saturated carbocycles. The summed E-state index contributed by atoms with van der Waals surface area (Å²) >= 11 is 0. The first-order chi connectivity index (χ1) is 11.5. The van der Waals surface area contributed by atoms with E-state index in [4.69, 9.17) is 0 Å². The third kappa shape index (κ3) is 4.76. The molecule has 1 atom stereocenters. The Hall–Kier alpha value is -2.48. The second kappa shape index (κ2) is 8.39. The lowest BCUT2D eigenvalue weighted by Crippen LogP contribution is -2.40. The Morgan fingerprint density at radius 2 is 2.17 bits per heavy atom. The smallest absolute Gasteiger partial charge is 0.315 e. The molecule has 2 aromatic rings. The van der Waals surface area contributed by atoms with E-state index in [1.807, 2.05) is 36.6 Å². The highest BCUT2D eigenvalue weighted by Crippen LogP contribution is 2.18. The number of benzene rings is 1. The number of halogens is 1. The minimum atomic E-state index is -0.302. The Balaban J connectivity index is 1.88. The van der Waals surface area contributed by atoms with Crippen molar-refractivity contribution >= 4 is 6.03 Å². The number of carbonyl (C=O) groups excluding carboxylic acids is 1. The lowest BCUT2D eigenvalue weighted by Gasteiger charge is -2.25. The molecule has 2 amide bonds. The Kier molecular flexibility index (Phi) is 6.25. The molecule has 130 valence electrons. The van der Waals surface area contributed by atoms with Gasteiger partial charge < -0.3 is 20.1 Å². The van der Waals surface area contributed by atoms with Gasteiger partial charge in [0.2, 0.25) is 0 Å². The van der Waals surface area contributed by atoms with Gasteiger partial charge in [-0.2, -0.15) is 0 Å². The highest BCUT2D eigenvalue weighted by atomic mass is 19.1. The van der Waals surface area contributed by atoms with Crippen LogP contribution in [0.3, 0.4) is 0 Å². The fourth-order valence-corrected chi connectivity index (χ4v) is 2.40. The molecule has 8 heteroatoms. The molecule has 0 spiro atoms. The molecular weight excluding hydrogens is 311 g/mol. The topological polar surface area (TPSA) is 75.1 Å². The number of aryl methyl sites for hydroxylation is 1. The molecule has 0 radical (unpaired) electrons. The molecule has 1 aromatic heterocycles. The second-order valence-electron chi connectivity index (χ2n) is 5.63. The predicted octanol–water partition coefficient (Wildman–Crippen LogP) is 1.54. The SMILES string of the molecule is CCn1cnnc1CNC(=O)NC[C@H](c1cccc(F)c1)N(C)C. The molecule has 0 bridgehead atoms. The molecule has 0 unspecified atom stereocenters. The summed E-state index contributed by atoms with van der Waals surface area (Å²) in [5.74, 6) is 0.407. The van der Waals surface area contributed by atoms with E-state index < -0.39 is 0 Å². The third-order valence-electron chi connectivity index (χ3n) is 3.76. The van der Waals surface area contributed by atoms with Gasteiger partial charge >= 0.3 is 6.03 Å². The van der Waals surface area contributed by atoms with E-state index in [1.165, 1.54) is 12.1 Å². The summed E-state index contributed by atoms with van der Waals surface area (Å²) in [5.41, 5.74) is 0.811. The Morgan fingerprint density at radius 1 is 1.38 bits per heavy atom. The molecule has 0 aliphatic carbocycles. The van der Waals surface area contributed by atoms with Crippen LogP contribution in [0.2, 0.25) is 0 Å². The maximum atomic E-state index is 13.4. The minimum Gasteiger partial charge on any atom is -0.336 e. The van der Waals surface area contributed by atoms with Gasteiger partial charge in [0, 0.05) is 13.1 Å². The van der Waals surface area contributed by atoms with E-state index in [9.17, 15) is 9.18 Å². The Labute approximate surface area is 140 Å². The van der Waals surface area contributed by atoms with Gasteiger partial charge in [0.05, 0.1) is 12.6 Å². The number of amides is 2. The average Bonchev–Trinajstić information content (AvgIpc) is 3.00. The zero-order valence-corrected chi connectivity index (χ0v) is 14.2. The normalized spacial score (nSPS) is 12.2. The van der Waals surface area contributed by atoms with Crippen LogP contribution in [-0.4, -0.2) is 46.3 Å². The summed E-state index contributed by atoms with van der Waals surface area (Å²) in [4.78, 5) is 13.9. The molecule has 2 N–H and O–H groups in total. The quantitative estimate of drug-likeness (QED) is 0.805. The van der Waals surface area contributed by atoms with Crippen LogP contribution in [0.15, 0.2) is 30.6 Å². The van der Waals surface area contributed by atoms with Crippen LogP contribution < -0.4 is 10.6 Å². The molecule has 0 fully saturated rings. The van der Waals surface area contributed by atoms with Gasteiger partial charge in [-0.1, -0.05) is 12.1 Å². The molecular formula is C16H23FN6O. The van der Waals surface area contributed by atoms with Crippen LogP contribution in [0, 0.1) is 5.82 Å². The number of carbonyl (C=O) groups is 1. The van der Waals surface area contributed by atoms with Gasteiger partial charge in [0.25, 0.3) is 0 Å². The van der Waals surface area contributed by atoms with Gasteiger partial charge in [0.1, 0.15) is 12.1 Å². The third-order valence-corrected chi connectivity index (χ3v) is 3.76. The second-order valence-corrected chi connectivity index (χ2v) is 5.63. The summed E-state index contributed by atoms with van der Waals surface area (Å²) in [7, 11) is 3.78. The standard InChI is InChI=1S/C16H23FN6O/c1-4-23-11-20-21-15(23)10-19-16(24)18-9-14(22(2)3)12-6-5-7-13(17)8-12/h5-8,11,14H,4,9-10H2,1-3H3,(H2,18,19,24)/t14-/m1/s1. The Morgan fingerprint density at radius 3 is 2.83 bits per heavy atom. The summed E-state index contributed by atoms with van der Waals surface area (Å²) in [6.45, 7) is 3.39. The number of urea groups is 1. The number of hydrogen-bond donors (Lipinski definition) is 2. The molecule has 0 aliphatic rings. The van der Waals surface area contributed by atoms with Crippen molar-refractivity contribution in [1.29, 1.82) is 0 Å². The van der Waals surface area contributed by atoms with E-state index in [0.717, 1.165) is 12.1 Å². The predicted molar refractivity (Wildman–Crippen MR) is 88.8 cm³/mol. The monoisotopic (exact) mass is 334 g/mol. The number of nitrogens with one attached hydrogen (secondary N) is 2. The van der Waals surface area contributed by atoms with Gasteiger partial charge in [0.15, 0.2) is 5.82 Å². The number of rotatable bonds is 7. The van der Waals surface area contributed by atoms with Crippen molar-refractivity contribution in [1.82, 2.24) is 30.3 Å². The van der Waals surface area contributed by atoms with Crippen molar-refractivity contribution in [2.24, 2.45) is 0 Å². The summed E-state index contributed by atoms with van der Waals surface area (Å²) in [6.07, 6.45) is 1.63. The Bertz CT molecular complexity index is 672. The lowest BCUT2D eigenvalue weighted by molar-refractivity contribution is 0.232. The van der Waals surface area contributed by atoms with Gasteiger partial charge in [-0.05, 0) is 38.7 Å². The first-order valence-corrected chi connectivity index (χ1v) is 7.81. The van der Waals surface area contributed by atoms with Crippen LogP contribution >= 0.6 is 0 Å². The summed E-state index contributed by atoms with van der Waals surface area (Å²) in [5, 5.41) is 13.3. The first kappa shape index (κ1) is 17.9. The van der Waals surface area contributed by atoms with E-state index in [2.05, 4.69) is 20.8 Å². The number of nitrogens with zero attached hydrogens (tertiary/aromatic N) is 4. The van der Waals surface area contributed by atoms with Gasteiger partial charge in [-0.3, -0.25) is 0 Å². The van der Waals surface area contributed by atoms with Crippen molar-refractivity contribution in [3.8, 4) is 0 Å². The highest BCUT2D eigenvalue weighted by Gasteiger charge is 2.16.